The first-order chi connectivity index (χ1) is 9.45. The van der Waals surface area contributed by atoms with Gasteiger partial charge in [0.15, 0.2) is 0 Å². The molecule has 0 aliphatic heterocycles. The first kappa shape index (κ1) is 14.3. The van der Waals surface area contributed by atoms with Gasteiger partial charge in [0.2, 0.25) is 0 Å². The van der Waals surface area contributed by atoms with Crippen LogP contribution in [0.15, 0.2) is 41.3 Å². The zero-order valence-electron chi connectivity index (χ0n) is 10.2. The molecule has 20 heavy (non-hydrogen) atoms. The Balaban J connectivity index is 2.14. The molecular formula is C13H10F2N2O2S. The highest BCUT2D eigenvalue weighted by Crippen LogP contribution is 2.27. The fourth-order valence-corrected chi connectivity index (χ4v) is 2.44. The number of non-ortho nitro benzene ring substituents is 1. The van der Waals surface area contributed by atoms with Crippen LogP contribution in [0.3, 0.4) is 0 Å². The van der Waals surface area contributed by atoms with Crippen molar-refractivity contribution in [3.05, 3.63) is 63.7 Å². The molecule has 4 nitrogen and oxygen atoms in total. The Morgan fingerprint density at radius 3 is 2.60 bits per heavy atom. The van der Waals surface area contributed by atoms with Crippen LogP contribution in [0.1, 0.15) is 5.56 Å². The normalized spacial score (nSPS) is 10.5. The predicted octanol–water partition coefficient (Wildman–Crippen LogP) is 3.75. The second-order valence-corrected chi connectivity index (χ2v) is 5.10. The third-order valence-electron chi connectivity index (χ3n) is 2.53. The molecule has 2 rings (SSSR count). The lowest BCUT2D eigenvalue weighted by Crippen LogP contribution is -1.92. The van der Waals surface area contributed by atoms with E-state index in [1.807, 2.05) is 0 Å². The van der Waals surface area contributed by atoms with Crippen LogP contribution in [0, 0.1) is 21.7 Å². The Morgan fingerprint density at radius 2 is 1.95 bits per heavy atom. The Bertz CT molecular complexity index is 665. The van der Waals surface area contributed by atoms with Gasteiger partial charge in [0.05, 0.1) is 16.7 Å². The van der Waals surface area contributed by atoms with E-state index in [4.69, 9.17) is 5.73 Å². The molecule has 0 amide bonds. The predicted molar refractivity (Wildman–Crippen MR) is 73.4 cm³/mol. The maximum Gasteiger partial charge on any atom is 0.272 e. The van der Waals surface area contributed by atoms with Crippen molar-refractivity contribution in [1.82, 2.24) is 0 Å². The molecule has 0 atom stereocenters. The summed E-state index contributed by atoms with van der Waals surface area (Å²) in [6.07, 6.45) is 0. The van der Waals surface area contributed by atoms with Gasteiger partial charge in [-0.25, -0.2) is 8.78 Å². The van der Waals surface area contributed by atoms with Crippen LogP contribution in [0.2, 0.25) is 0 Å². The van der Waals surface area contributed by atoms with Gasteiger partial charge in [0.1, 0.15) is 11.6 Å². The van der Waals surface area contributed by atoms with Crippen molar-refractivity contribution in [2.24, 2.45) is 0 Å². The number of hydrogen-bond donors (Lipinski definition) is 1. The summed E-state index contributed by atoms with van der Waals surface area (Å²) >= 11 is 1.24. The number of nitrogen functional groups attached to an aromatic ring is 1. The molecule has 2 aromatic rings. The third kappa shape index (κ3) is 3.45. The van der Waals surface area contributed by atoms with Gasteiger partial charge in [0.25, 0.3) is 5.69 Å². The van der Waals surface area contributed by atoms with Crippen LogP contribution in [0.5, 0.6) is 0 Å². The van der Waals surface area contributed by atoms with Gasteiger partial charge in [-0.3, -0.25) is 10.1 Å². The van der Waals surface area contributed by atoms with Crippen LogP contribution in [-0.2, 0) is 5.75 Å². The number of nitrogens with zero attached hydrogens (tertiary/aromatic N) is 1. The molecule has 0 aliphatic carbocycles. The van der Waals surface area contributed by atoms with Crippen LogP contribution >= 0.6 is 11.8 Å². The quantitative estimate of drug-likeness (QED) is 0.404. The fourth-order valence-electron chi connectivity index (χ4n) is 1.59. The molecule has 7 heteroatoms. The average molecular weight is 296 g/mol. The summed E-state index contributed by atoms with van der Waals surface area (Å²) in [6.45, 7) is 0. The molecular weight excluding hydrogens is 286 g/mol. The van der Waals surface area contributed by atoms with Crippen LogP contribution in [-0.4, -0.2) is 4.92 Å². The number of thioether (sulfide) groups is 1. The molecule has 104 valence electrons. The zero-order chi connectivity index (χ0) is 14.7. The summed E-state index contributed by atoms with van der Waals surface area (Å²) in [5.74, 6) is -0.902. The van der Waals surface area contributed by atoms with Gasteiger partial charge in [-0.05, 0) is 29.8 Å². The number of nitro groups is 1. The van der Waals surface area contributed by atoms with E-state index in [9.17, 15) is 18.9 Å². The summed E-state index contributed by atoms with van der Waals surface area (Å²) < 4.78 is 26.5. The number of rotatable bonds is 4. The van der Waals surface area contributed by atoms with Crippen molar-refractivity contribution in [2.75, 3.05) is 5.73 Å². The maximum atomic E-state index is 13.3. The number of hydrogen-bond acceptors (Lipinski definition) is 4. The van der Waals surface area contributed by atoms with Gasteiger partial charge in [-0.2, -0.15) is 0 Å². The van der Waals surface area contributed by atoms with Crippen molar-refractivity contribution >= 4 is 23.1 Å². The number of anilines is 1. The summed E-state index contributed by atoms with van der Waals surface area (Å²) in [5.41, 5.74) is 5.57. The van der Waals surface area contributed by atoms with Crippen molar-refractivity contribution in [1.29, 1.82) is 0 Å². The highest BCUT2D eigenvalue weighted by atomic mass is 32.2. The molecule has 0 spiro atoms. The summed E-state index contributed by atoms with van der Waals surface area (Å²) in [7, 11) is 0. The topological polar surface area (TPSA) is 69.2 Å². The lowest BCUT2D eigenvalue weighted by Gasteiger charge is -2.04. The average Bonchev–Trinajstić information content (AvgIpc) is 2.39. The Morgan fingerprint density at radius 1 is 1.20 bits per heavy atom. The van der Waals surface area contributed by atoms with Gasteiger partial charge >= 0.3 is 0 Å². The smallest absolute Gasteiger partial charge is 0.272 e. The maximum absolute atomic E-state index is 13.3. The monoisotopic (exact) mass is 296 g/mol. The number of benzene rings is 2. The Hall–Kier alpha value is -2.15. The van der Waals surface area contributed by atoms with E-state index in [1.165, 1.54) is 36.0 Å². The van der Waals surface area contributed by atoms with Gasteiger partial charge < -0.3 is 5.73 Å². The lowest BCUT2D eigenvalue weighted by atomic mass is 10.2. The van der Waals surface area contributed by atoms with E-state index < -0.39 is 16.6 Å². The van der Waals surface area contributed by atoms with Crippen molar-refractivity contribution < 1.29 is 13.7 Å². The Kier molecular flexibility index (Phi) is 4.19. The minimum Gasteiger partial charge on any atom is -0.396 e. The van der Waals surface area contributed by atoms with Gasteiger partial charge in [0, 0.05) is 16.7 Å². The molecule has 0 radical (unpaired) electrons. The van der Waals surface area contributed by atoms with E-state index >= 15 is 0 Å². The fraction of sp³-hybridized carbons (Fsp3) is 0.0769. The molecule has 0 aliphatic rings. The standard InChI is InChI=1S/C13H10F2N2O2S/c14-9-3-8(4-10(5-9)17(18)19)7-20-11-1-2-13(16)12(15)6-11/h1-6H,7,16H2. The number of nitro benzene ring substituents is 1. The van der Waals surface area contributed by atoms with Crippen molar-refractivity contribution in [2.45, 2.75) is 10.6 Å². The molecule has 2 aromatic carbocycles. The molecule has 0 fully saturated rings. The zero-order valence-corrected chi connectivity index (χ0v) is 11.0. The summed E-state index contributed by atoms with van der Waals surface area (Å²) in [6, 6.07) is 7.71. The van der Waals surface area contributed by atoms with Gasteiger partial charge in [-0.1, -0.05) is 0 Å². The first-order valence-electron chi connectivity index (χ1n) is 5.57. The molecule has 0 heterocycles. The van der Waals surface area contributed by atoms with Crippen LogP contribution in [0.25, 0.3) is 0 Å². The van der Waals surface area contributed by atoms with Crippen molar-refractivity contribution in [3.8, 4) is 0 Å². The SMILES string of the molecule is Nc1ccc(SCc2cc(F)cc([N+](=O)[O-])c2)cc1F. The Labute approximate surface area is 117 Å². The van der Waals surface area contributed by atoms with E-state index in [-0.39, 0.29) is 11.4 Å². The second kappa shape index (κ2) is 5.87. The second-order valence-electron chi connectivity index (χ2n) is 4.05. The molecule has 2 N–H and O–H groups in total. The molecule has 0 unspecified atom stereocenters. The minimum atomic E-state index is -0.668. The largest absolute Gasteiger partial charge is 0.396 e. The van der Waals surface area contributed by atoms with Crippen LogP contribution in [0.4, 0.5) is 20.2 Å². The number of nitrogens with two attached hydrogens (primary N) is 1. The lowest BCUT2D eigenvalue weighted by molar-refractivity contribution is -0.385. The van der Waals surface area contributed by atoms with Crippen LogP contribution < -0.4 is 5.73 Å². The molecule has 0 saturated heterocycles. The molecule has 0 saturated carbocycles. The first-order valence-corrected chi connectivity index (χ1v) is 6.56. The van der Waals surface area contributed by atoms with Crippen molar-refractivity contribution in [3.63, 3.8) is 0 Å². The highest BCUT2D eigenvalue weighted by Gasteiger charge is 2.10. The van der Waals surface area contributed by atoms with E-state index in [0.717, 1.165) is 6.07 Å². The highest BCUT2D eigenvalue weighted by molar-refractivity contribution is 7.98. The third-order valence-corrected chi connectivity index (χ3v) is 3.60. The van der Waals surface area contributed by atoms with Gasteiger partial charge in [-0.15, -0.1) is 11.8 Å². The van der Waals surface area contributed by atoms with E-state index in [2.05, 4.69) is 0 Å². The summed E-state index contributed by atoms with van der Waals surface area (Å²) in [4.78, 5) is 10.6. The number of halogens is 2. The molecule has 0 aromatic heterocycles. The minimum absolute atomic E-state index is 0.0516. The van der Waals surface area contributed by atoms with E-state index in [1.54, 1.807) is 6.07 Å². The van der Waals surface area contributed by atoms with E-state index in [0.29, 0.717) is 16.2 Å². The summed E-state index contributed by atoms with van der Waals surface area (Å²) in [5, 5.41) is 10.6. The molecule has 0 bridgehead atoms.